The summed E-state index contributed by atoms with van der Waals surface area (Å²) in [5.41, 5.74) is 0.940. The van der Waals surface area contributed by atoms with E-state index in [0.717, 1.165) is 18.5 Å². The van der Waals surface area contributed by atoms with Gasteiger partial charge in [-0.15, -0.1) is 0 Å². The van der Waals surface area contributed by atoms with Gasteiger partial charge in [0, 0.05) is 25.4 Å². The Morgan fingerprint density at radius 2 is 2.28 bits per heavy atom. The van der Waals surface area contributed by atoms with E-state index >= 15 is 0 Å². The predicted octanol–water partition coefficient (Wildman–Crippen LogP) is 1.50. The predicted molar refractivity (Wildman–Crippen MR) is 67.3 cm³/mol. The summed E-state index contributed by atoms with van der Waals surface area (Å²) in [5.74, 6) is 1.24. The molecule has 6 heteroatoms. The standard InChI is InChI=1S/C12H17N5O/c1-3-4-13-5-10-6-14-9-15-12(10)18-11-7-16-17(2)8-11/h6-9,13H,3-5H2,1-2H3. The Kier molecular flexibility index (Phi) is 4.25. The zero-order valence-corrected chi connectivity index (χ0v) is 10.6. The van der Waals surface area contributed by atoms with E-state index in [-0.39, 0.29) is 0 Å². The highest BCUT2D eigenvalue weighted by atomic mass is 16.5. The fourth-order valence-electron chi connectivity index (χ4n) is 1.52. The van der Waals surface area contributed by atoms with Crippen LogP contribution < -0.4 is 10.1 Å². The molecule has 6 nitrogen and oxygen atoms in total. The first kappa shape index (κ1) is 12.5. The van der Waals surface area contributed by atoms with E-state index in [2.05, 4.69) is 27.3 Å². The first-order chi connectivity index (χ1) is 8.79. The van der Waals surface area contributed by atoms with Crippen LogP contribution in [0.5, 0.6) is 11.6 Å². The second-order valence-corrected chi connectivity index (χ2v) is 3.98. The molecule has 96 valence electrons. The summed E-state index contributed by atoms with van der Waals surface area (Å²) in [4.78, 5) is 8.17. The van der Waals surface area contributed by atoms with Gasteiger partial charge in [0.1, 0.15) is 6.33 Å². The molecule has 1 N–H and O–H groups in total. The van der Waals surface area contributed by atoms with Crippen molar-refractivity contribution < 1.29 is 4.74 Å². The number of ether oxygens (including phenoxy) is 1. The van der Waals surface area contributed by atoms with Gasteiger partial charge in [0.2, 0.25) is 5.88 Å². The fraction of sp³-hybridized carbons (Fsp3) is 0.417. The molecule has 0 amide bonds. The monoisotopic (exact) mass is 247 g/mol. The smallest absolute Gasteiger partial charge is 0.226 e. The highest BCUT2D eigenvalue weighted by Crippen LogP contribution is 2.21. The van der Waals surface area contributed by atoms with Gasteiger partial charge in [0.05, 0.1) is 12.4 Å². The van der Waals surface area contributed by atoms with Gasteiger partial charge in [-0.25, -0.2) is 9.97 Å². The number of hydrogen-bond acceptors (Lipinski definition) is 5. The maximum atomic E-state index is 5.69. The summed E-state index contributed by atoms with van der Waals surface area (Å²) < 4.78 is 7.37. The molecule has 2 aromatic rings. The molecule has 0 saturated heterocycles. The van der Waals surface area contributed by atoms with Crippen LogP contribution in [0.3, 0.4) is 0 Å². The third-order valence-corrected chi connectivity index (χ3v) is 2.38. The van der Waals surface area contributed by atoms with E-state index in [9.17, 15) is 0 Å². The third kappa shape index (κ3) is 3.27. The lowest BCUT2D eigenvalue weighted by Gasteiger charge is -2.08. The molecule has 0 aromatic carbocycles. The Morgan fingerprint density at radius 3 is 3.00 bits per heavy atom. The lowest BCUT2D eigenvalue weighted by Crippen LogP contribution is -2.14. The van der Waals surface area contributed by atoms with Crippen molar-refractivity contribution in [2.24, 2.45) is 7.05 Å². The Bertz CT molecular complexity index is 497. The molecule has 0 aliphatic rings. The van der Waals surface area contributed by atoms with Gasteiger partial charge >= 0.3 is 0 Å². The Hall–Kier alpha value is -1.95. The van der Waals surface area contributed by atoms with Crippen LogP contribution in [0.1, 0.15) is 18.9 Å². The molecule has 0 atom stereocenters. The molecular weight excluding hydrogens is 230 g/mol. The summed E-state index contributed by atoms with van der Waals surface area (Å²) in [5, 5.41) is 7.35. The van der Waals surface area contributed by atoms with Crippen LogP contribution in [0, 0.1) is 0 Å². The van der Waals surface area contributed by atoms with E-state index < -0.39 is 0 Å². The Morgan fingerprint density at radius 1 is 1.39 bits per heavy atom. The molecule has 0 unspecified atom stereocenters. The molecule has 0 saturated carbocycles. The summed E-state index contributed by atoms with van der Waals surface area (Å²) in [7, 11) is 1.84. The zero-order valence-electron chi connectivity index (χ0n) is 10.6. The van der Waals surface area contributed by atoms with Crippen molar-refractivity contribution in [2.45, 2.75) is 19.9 Å². The average Bonchev–Trinajstić information content (AvgIpc) is 2.77. The number of hydrogen-bond donors (Lipinski definition) is 1. The van der Waals surface area contributed by atoms with E-state index in [4.69, 9.17) is 4.74 Å². The molecule has 18 heavy (non-hydrogen) atoms. The van der Waals surface area contributed by atoms with Gasteiger partial charge < -0.3 is 10.1 Å². The molecule has 2 aromatic heterocycles. The van der Waals surface area contributed by atoms with Crippen molar-refractivity contribution in [3.05, 3.63) is 30.5 Å². The fourth-order valence-corrected chi connectivity index (χ4v) is 1.52. The van der Waals surface area contributed by atoms with E-state index in [1.807, 2.05) is 7.05 Å². The second kappa shape index (κ2) is 6.11. The number of aromatic nitrogens is 4. The van der Waals surface area contributed by atoms with Crippen LogP contribution >= 0.6 is 0 Å². The molecular formula is C12H17N5O. The van der Waals surface area contributed by atoms with Gasteiger partial charge in [-0.1, -0.05) is 6.92 Å². The van der Waals surface area contributed by atoms with Crippen molar-refractivity contribution in [1.29, 1.82) is 0 Å². The minimum Gasteiger partial charge on any atom is -0.435 e. The van der Waals surface area contributed by atoms with Crippen molar-refractivity contribution in [3.63, 3.8) is 0 Å². The summed E-state index contributed by atoms with van der Waals surface area (Å²) in [6.07, 6.45) is 7.79. The molecule has 2 rings (SSSR count). The maximum absolute atomic E-state index is 5.69. The molecule has 0 fully saturated rings. The molecule has 0 bridgehead atoms. The molecule has 0 aliphatic carbocycles. The molecule has 0 radical (unpaired) electrons. The van der Waals surface area contributed by atoms with Crippen molar-refractivity contribution in [1.82, 2.24) is 25.1 Å². The first-order valence-electron chi connectivity index (χ1n) is 5.95. The minimum absolute atomic E-state index is 0.571. The van der Waals surface area contributed by atoms with Crippen LogP contribution in [0.2, 0.25) is 0 Å². The largest absolute Gasteiger partial charge is 0.435 e. The first-order valence-corrected chi connectivity index (χ1v) is 5.95. The minimum atomic E-state index is 0.571. The van der Waals surface area contributed by atoms with E-state index in [1.165, 1.54) is 6.33 Å². The van der Waals surface area contributed by atoms with Crippen LogP contribution in [-0.4, -0.2) is 26.3 Å². The van der Waals surface area contributed by atoms with Gasteiger partial charge in [-0.05, 0) is 13.0 Å². The number of rotatable bonds is 6. The van der Waals surface area contributed by atoms with E-state index in [1.54, 1.807) is 23.3 Å². The lowest BCUT2D eigenvalue weighted by atomic mass is 10.3. The number of nitrogens with zero attached hydrogens (tertiary/aromatic N) is 4. The van der Waals surface area contributed by atoms with Gasteiger partial charge in [-0.3, -0.25) is 4.68 Å². The van der Waals surface area contributed by atoms with Crippen LogP contribution in [0.4, 0.5) is 0 Å². The normalized spacial score (nSPS) is 10.6. The topological polar surface area (TPSA) is 64.9 Å². The Balaban J connectivity index is 2.07. The van der Waals surface area contributed by atoms with Gasteiger partial charge in [-0.2, -0.15) is 5.10 Å². The Labute approximate surface area is 106 Å². The van der Waals surface area contributed by atoms with Gasteiger partial charge in [0.25, 0.3) is 0 Å². The SMILES string of the molecule is CCCNCc1cncnc1Oc1cnn(C)c1. The zero-order chi connectivity index (χ0) is 12.8. The lowest BCUT2D eigenvalue weighted by molar-refractivity contribution is 0.450. The third-order valence-electron chi connectivity index (χ3n) is 2.38. The van der Waals surface area contributed by atoms with Crippen molar-refractivity contribution >= 4 is 0 Å². The second-order valence-electron chi connectivity index (χ2n) is 3.98. The van der Waals surface area contributed by atoms with Crippen LogP contribution in [0.15, 0.2) is 24.9 Å². The summed E-state index contributed by atoms with van der Waals surface area (Å²) >= 11 is 0. The van der Waals surface area contributed by atoms with Crippen molar-refractivity contribution in [2.75, 3.05) is 6.54 Å². The quantitative estimate of drug-likeness (QED) is 0.784. The van der Waals surface area contributed by atoms with E-state index in [0.29, 0.717) is 18.2 Å². The summed E-state index contributed by atoms with van der Waals surface area (Å²) in [6.45, 7) is 3.78. The molecule has 0 aliphatic heterocycles. The number of nitrogens with one attached hydrogen (secondary N) is 1. The molecule has 2 heterocycles. The molecule has 0 spiro atoms. The summed E-state index contributed by atoms with van der Waals surface area (Å²) in [6, 6.07) is 0. The van der Waals surface area contributed by atoms with Crippen molar-refractivity contribution in [3.8, 4) is 11.6 Å². The van der Waals surface area contributed by atoms with Crippen LogP contribution in [-0.2, 0) is 13.6 Å². The number of aryl methyl sites for hydroxylation is 1. The van der Waals surface area contributed by atoms with Gasteiger partial charge in [0.15, 0.2) is 5.75 Å². The maximum Gasteiger partial charge on any atom is 0.226 e. The highest BCUT2D eigenvalue weighted by molar-refractivity contribution is 5.27. The average molecular weight is 247 g/mol. The van der Waals surface area contributed by atoms with Crippen LogP contribution in [0.25, 0.3) is 0 Å². The highest BCUT2D eigenvalue weighted by Gasteiger charge is 2.07.